The Bertz CT molecular complexity index is 2110. The summed E-state index contributed by atoms with van der Waals surface area (Å²) in [5.41, 5.74) is 4.98. The number of nitrogens with zero attached hydrogens (tertiary/aromatic N) is 2. The van der Waals surface area contributed by atoms with Gasteiger partial charge < -0.3 is 19.9 Å². The van der Waals surface area contributed by atoms with E-state index in [1.165, 1.54) is 16.7 Å². The fourth-order valence-electron chi connectivity index (χ4n) is 7.56. The van der Waals surface area contributed by atoms with E-state index in [2.05, 4.69) is 45.6 Å². The van der Waals surface area contributed by atoms with Crippen LogP contribution < -0.4 is 14.8 Å². The second-order valence-electron chi connectivity index (χ2n) is 12.9. The number of carboxylic acids is 1. The van der Waals surface area contributed by atoms with Crippen LogP contribution in [0.3, 0.4) is 0 Å². The van der Waals surface area contributed by atoms with Crippen molar-refractivity contribution in [1.29, 1.82) is 0 Å². The lowest BCUT2D eigenvalue weighted by molar-refractivity contribution is -0.143. The highest BCUT2D eigenvalue weighted by molar-refractivity contribution is 7.17. The van der Waals surface area contributed by atoms with Gasteiger partial charge in [0.05, 0.1) is 33.6 Å². The molecule has 2 aliphatic rings. The standard InChI is InChI=1S/C39H34ClN3O4S2/c40-28-5-3-6-29(22-28)43-39(37(44)45)14-12-38(13-15-39)27(21-26-4-1-2-7-30(26)38)20-25(23-46-33-8-16-41-31-10-18-48-35(31)33)24-47-34-9-17-42-32-11-19-49-36(32)34/h1-11,16-19,21-22,25,43H,12-15,20,23-24H2,(H,44,45). The molecule has 248 valence electrons. The Kier molecular flexibility index (Phi) is 8.51. The zero-order chi connectivity index (χ0) is 33.4. The summed E-state index contributed by atoms with van der Waals surface area (Å²) in [6, 6.07) is 23.7. The molecule has 0 saturated heterocycles. The molecule has 2 N–H and O–H groups in total. The van der Waals surface area contributed by atoms with Gasteiger partial charge in [-0.1, -0.05) is 53.6 Å². The van der Waals surface area contributed by atoms with Crippen molar-refractivity contribution in [3.05, 3.63) is 118 Å². The molecule has 2 aromatic carbocycles. The first-order valence-corrected chi connectivity index (χ1v) is 18.5. The molecule has 2 aliphatic carbocycles. The van der Waals surface area contributed by atoms with Gasteiger partial charge in [0.2, 0.25) is 0 Å². The average molecular weight is 708 g/mol. The monoisotopic (exact) mass is 707 g/mol. The number of rotatable bonds is 11. The summed E-state index contributed by atoms with van der Waals surface area (Å²) in [5, 5.41) is 18.6. The van der Waals surface area contributed by atoms with E-state index in [0.717, 1.165) is 44.0 Å². The van der Waals surface area contributed by atoms with Crippen LogP contribution in [-0.2, 0) is 10.2 Å². The number of nitrogens with one attached hydrogen (secondary N) is 1. The highest BCUT2D eigenvalue weighted by atomic mass is 35.5. The van der Waals surface area contributed by atoms with Crippen LogP contribution in [0.1, 0.15) is 43.2 Å². The Morgan fingerprint density at radius 3 is 2.14 bits per heavy atom. The van der Waals surface area contributed by atoms with Gasteiger partial charge in [-0.15, -0.1) is 22.7 Å². The molecule has 10 heteroatoms. The maximum Gasteiger partial charge on any atom is 0.329 e. The number of ether oxygens (including phenoxy) is 2. The Labute approximate surface area is 297 Å². The molecule has 1 spiro atoms. The summed E-state index contributed by atoms with van der Waals surface area (Å²) < 4.78 is 15.2. The summed E-state index contributed by atoms with van der Waals surface area (Å²) in [4.78, 5) is 21.9. The molecule has 0 bridgehead atoms. The summed E-state index contributed by atoms with van der Waals surface area (Å²) in [7, 11) is 0. The zero-order valence-corrected chi connectivity index (χ0v) is 29.0. The Morgan fingerprint density at radius 1 is 0.857 bits per heavy atom. The Balaban J connectivity index is 1.09. The fraction of sp³-hybridized carbons (Fsp3) is 0.256. The SMILES string of the molecule is O=C(O)C1(Nc2cccc(Cl)c2)CCC2(CC1)C(CC(COc1ccnc3ccsc13)COc1ccnc3ccsc13)=Cc1ccccc12. The summed E-state index contributed by atoms with van der Waals surface area (Å²) in [5.74, 6) is 0.820. The number of carboxylic acid groups (broad SMARTS) is 1. The number of allylic oxidation sites excluding steroid dienone is 1. The number of benzene rings is 2. The van der Waals surface area contributed by atoms with Crippen molar-refractivity contribution in [3.63, 3.8) is 0 Å². The van der Waals surface area contributed by atoms with Crippen molar-refractivity contribution in [2.45, 2.75) is 43.1 Å². The first-order chi connectivity index (χ1) is 23.9. The van der Waals surface area contributed by atoms with Gasteiger partial charge in [-0.05, 0) is 96.5 Å². The quantitative estimate of drug-likeness (QED) is 0.138. The van der Waals surface area contributed by atoms with Crippen molar-refractivity contribution in [2.75, 3.05) is 18.5 Å². The normalized spacial score (nSPS) is 20.1. The van der Waals surface area contributed by atoms with Gasteiger partial charge in [-0.3, -0.25) is 9.97 Å². The topological polar surface area (TPSA) is 93.6 Å². The molecule has 8 rings (SSSR count). The maximum absolute atomic E-state index is 12.9. The lowest BCUT2D eigenvalue weighted by Crippen LogP contribution is -2.52. The van der Waals surface area contributed by atoms with E-state index in [1.807, 2.05) is 47.2 Å². The number of hydrogen-bond acceptors (Lipinski definition) is 8. The Morgan fingerprint density at radius 2 is 1.51 bits per heavy atom. The minimum Gasteiger partial charge on any atom is -0.492 e. The molecule has 0 amide bonds. The minimum atomic E-state index is -1.09. The minimum absolute atomic E-state index is 0.0135. The average Bonchev–Trinajstić information content (AvgIpc) is 3.86. The van der Waals surface area contributed by atoms with E-state index in [4.69, 9.17) is 21.1 Å². The van der Waals surface area contributed by atoms with E-state index in [0.29, 0.717) is 43.9 Å². The van der Waals surface area contributed by atoms with Crippen molar-refractivity contribution >= 4 is 72.4 Å². The third-order valence-electron chi connectivity index (χ3n) is 10.1. The molecule has 1 saturated carbocycles. The van der Waals surface area contributed by atoms with E-state index < -0.39 is 11.5 Å². The van der Waals surface area contributed by atoms with Crippen molar-refractivity contribution in [3.8, 4) is 11.5 Å². The van der Waals surface area contributed by atoms with Gasteiger partial charge in [-0.25, -0.2) is 4.79 Å². The molecule has 1 fully saturated rings. The van der Waals surface area contributed by atoms with Crippen LogP contribution in [0.5, 0.6) is 11.5 Å². The van der Waals surface area contributed by atoms with Gasteiger partial charge in [0.1, 0.15) is 17.0 Å². The highest BCUT2D eigenvalue weighted by Crippen LogP contribution is 2.55. The molecular formula is C39H34ClN3O4S2. The fourth-order valence-corrected chi connectivity index (χ4v) is 9.38. The summed E-state index contributed by atoms with van der Waals surface area (Å²) in [6.07, 6.45) is 8.99. The highest BCUT2D eigenvalue weighted by Gasteiger charge is 2.51. The number of aliphatic carboxylic acids is 1. The van der Waals surface area contributed by atoms with Crippen molar-refractivity contribution in [1.82, 2.24) is 9.97 Å². The van der Waals surface area contributed by atoms with Crippen LogP contribution in [0.4, 0.5) is 5.69 Å². The third kappa shape index (κ3) is 6.05. The van der Waals surface area contributed by atoms with Gasteiger partial charge in [0.25, 0.3) is 0 Å². The molecule has 0 aliphatic heterocycles. The predicted molar refractivity (Wildman–Crippen MR) is 198 cm³/mol. The first-order valence-electron chi connectivity index (χ1n) is 16.4. The third-order valence-corrected chi connectivity index (χ3v) is 12.1. The second kappa shape index (κ2) is 13.1. The number of hydrogen-bond donors (Lipinski definition) is 2. The van der Waals surface area contributed by atoms with Gasteiger partial charge in [0, 0.05) is 34.4 Å². The predicted octanol–water partition coefficient (Wildman–Crippen LogP) is 9.87. The van der Waals surface area contributed by atoms with Gasteiger partial charge in [-0.2, -0.15) is 0 Å². The maximum atomic E-state index is 12.9. The molecule has 4 aromatic heterocycles. The van der Waals surface area contributed by atoms with Gasteiger partial charge in [0.15, 0.2) is 0 Å². The largest absolute Gasteiger partial charge is 0.492 e. The van der Waals surface area contributed by atoms with E-state index in [9.17, 15) is 9.90 Å². The Hall–Kier alpha value is -4.44. The number of anilines is 1. The smallest absolute Gasteiger partial charge is 0.329 e. The van der Waals surface area contributed by atoms with Crippen molar-refractivity contribution in [2.24, 2.45) is 5.92 Å². The van der Waals surface area contributed by atoms with Crippen LogP contribution >= 0.6 is 34.3 Å². The molecule has 4 heterocycles. The molecule has 0 atom stereocenters. The molecule has 6 aromatic rings. The number of thiophene rings is 2. The van der Waals surface area contributed by atoms with Crippen LogP contribution in [0.25, 0.3) is 26.5 Å². The lowest BCUT2D eigenvalue weighted by Gasteiger charge is -2.46. The summed E-state index contributed by atoms with van der Waals surface area (Å²) in [6.45, 7) is 0.906. The molecule has 0 radical (unpaired) electrons. The number of carbonyl (C=O) groups is 1. The molecule has 49 heavy (non-hydrogen) atoms. The number of aromatic nitrogens is 2. The van der Waals surface area contributed by atoms with E-state index in [1.54, 1.807) is 47.2 Å². The van der Waals surface area contributed by atoms with Crippen LogP contribution in [0, 0.1) is 5.92 Å². The van der Waals surface area contributed by atoms with E-state index in [-0.39, 0.29) is 11.3 Å². The van der Waals surface area contributed by atoms with Gasteiger partial charge >= 0.3 is 5.97 Å². The van der Waals surface area contributed by atoms with E-state index >= 15 is 0 Å². The second-order valence-corrected chi connectivity index (χ2v) is 15.2. The summed E-state index contributed by atoms with van der Waals surface area (Å²) >= 11 is 9.52. The van der Waals surface area contributed by atoms with Crippen molar-refractivity contribution < 1.29 is 19.4 Å². The molecule has 7 nitrogen and oxygen atoms in total. The number of pyridine rings is 2. The molecule has 0 unspecified atom stereocenters. The van der Waals surface area contributed by atoms with Crippen LogP contribution in [0.15, 0.2) is 102 Å². The number of halogens is 1. The lowest BCUT2D eigenvalue weighted by atomic mass is 9.61. The van der Waals surface area contributed by atoms with Crippen LogP contribution in [0.2, 0.25) is 5.02 Å². The zero-order valence-electron chi connectivity index (χ0n) is 26.6. The van der Waals surface area contributed by atoms with Crippen LogP contribution in [-0.4, -0.2) is 39.8 Å². The first kappa shape index (κ1) is 31.8. The molecular weight excluding hydrogens is 674 g/mol. The number of fused-ring (bicyclic) bond motifs is 4.